The van der Waals surface area contributed by atoms with Gasteiger partial charge in [-0.3, -0.25) is 0 Å². The van der Waals surface area contributed by atoms with Gasteiger partial charge in [0.2, 0.25) is 0 Å². The first-order valence-electron chi connectivity index (χ1n) is 4.70. The van der Waals surface area contributed by atoms with Gasteiger partial charge in [0, 0.05) is 5.41 Å². The van der Waals surface area contributed by atoms with Gasteiger partial charge in [0.15, 0.2) is 0 Å². The van der Waals surface area contributed by atoms with E-state index in [1.165, 1.54) is 0 Å². The van der Waals surface area contributed by atoms with E-state index >= 15 is 0 Å². The van der Waals surface area contributed by atoms with Gasteiger partial charge in [-0.05, 0) is 18.2 Å². The molecule has 0 aliphatic rings. The van der Waals surface area contributed by atoms with Crippen molar-refractivity contribution in [3.63, 3.8) is 0 Å². The number of hydrogen-bond donors (Lipinski definition) is 0. The van der Waals surface area contributed by atoms with Gasteiger partial charge in [-0.2, -0.15) is 0 Å². The van der Waals surface area contributed by atoms with E-state index in [0.29, 0.717) is 0 Å². The molecule has 74 valence electrons. The molecule has 0 aromatic carbocycles. The number of hydrogen-bond acceptors (Lipinski definition) is 2. The fourth-order valence-electron chi connectivity index (χ4n) is 1.30. The highest BCUT2D eigenvalue weighted by Gasteiger charge is 2.18. The summed E-state index contributed by atoms with van der Waals surface area (Å²) >= 11 is 0. The first-order chi connectivity index (χ1) is 6.57. The van der Waals surface area contributed by atoms with Crippen molar-refractivity contribution in [3.05, 3.63) is 36.5 Å². The fraction of sp³-hybridized carbons (Fsp3) is 0.333. The van der Waals surface area contributed by atoms with E-state index in [9.17, 15) is 0 Å². The third-order valence-electron chi connectivity index (χ3n) is 2.15. The van der Waals surface area contributed by atoms with Crippen molar-refractivity contribution in [2.75, 3.05) is 0 Å². The molecule has 0 bridgehead atoms. The molecular formula is C12H14O2. The van der Waals surface area contributed by atoms with E-state index in [2.05, 4.69) is 20.8 Å². The first kappa shape index (κ1) is 9.13. The van der Waals surface area contributed by atoms with Crippen LogP contribution in [0.15, 0.2) is 39.6 Å². The zero-order chi connectivity index (χ0) is 10.2. The molecule has 2 heterocycles. The molecule has 0 unspecified atom stereocenters. The molecule has 0 saturated carbocycles. The Morgan fingerprint density at radius 3 is 2.36 bits per heavy atom. The Morgan fingerprint density at radius 1 is 1.07 bits per heavy atom. The molecule has 2 rings (SSSR count). The Bertz CT molecular complexity index is 402. The van der Waals surface area contributed by atoms with Gasteiger partial charge in [-0.15, -0.1) is 0 Å². The van der Waals surface area contributed by atoms with Crippen LogP contribution in [0.4, 0.5) is 0 Å². The molecule has 0 radical (unpaired) electrons. The van der Waals surface area contributed by atoms with E-state index in [1.54, 1.807) is 12.5 Å². The fourth-order valence-corrected chi connectivity index (χ4v) is 1.30. The van der Waals surface area contributed by atoms with Crippen LogP contribution < -0.4 is 0 Å². The lowest BCUT2D eigenvalue weighted by molar-refractivity contribution is 0.416. The van der Waals surface area contributed by atoms with Crippen molar-refractivity contribution in [1.29, 1.82) is 0 Å². The Balaban J connectivity index is 2.36. The van der Waals surface area contributed by atoms with E-state index in [-0.39, 0.29) is 5.41 Å². The average Bonchev–Trinajstić information content (AvgIpc) is 2.73. The molecule has 0 aliphatic heterocycles. The molecule has 0 amide bonds. The molecular weight excluding hydrogens is 176 g/mol. The molecule has 0 N–H and O–H groups in total. The Morgan fingerprint density at radius 2 is 1.86 bits per heavy atom. The highest BCUT2D eigenvalue weighted by atomic mass is 16.3. The molecule has 0 saturated heterocycles. The molecule has 2 heteroatoms. The zero-order valence-electron chi connectivity index (χ0n) is 8.70. The summed E-state index contributed by atoms with van der Waals surface area (Å²) < 4.78 is 10.7. The Kier molecular flexibility index (Phi) is 1.99. The lowest BCUT2D eigenvalue weighted by Gasteiger charge is -2.13. The van der Waals surface area contributed by atoms with Crippen LogP contribution in [0.1, 0.15) is 26.5 Å². The first-order valence-corrected chi connectivity index (χ1v) is 4.70. The lowest BCUT2D eigenvalue weighted by atomic mass is 9.94. The summed E-state index contributed by atoms with van der Waals surface area (Å²) in [5, 5.41) is 0. The molecule has 2 aromatic rings. The SMILES string of the molecule is CC(C)(C)c1ccc(-c2ccoc2)o1. The molecule has 0 atom stereocenters. The summed E-state index contributed by atoms with van der Waals surface area (Å²) in [6.07, 6.45) is 3.33. The van der Waals surface area contributed by atoms with Gasteiger partial charge < -0.3 is 8.83 Å². The summed E-state index contributed by atoms with van der Waals surface area (Å²) in [6, 6.07) is 5.89. The van der Waals surface area contributed by atoms with Crippen LogP contribution >= 0.6 is 0 Å². The maximum absolute atomic E-state index is 5.73. The Labute approximate surface area is 83.5 Å². The van der Waals surface area contributed by atoms with Crippen LogP contribution in [-0.4, -0.2) is 0 Å². The minimum Gasteiger partial charge on any atom is -0.472 e. The summed E-state index contributed by atoms with van der Waals surface area (Å²) in [7, 11) is 0. The molecule has 0 aliphatic carbocycles. The van der Waals surface area contributed by atoms with Gasteiger partial charge in [-0.25, -0.2) is 0 Å². The van der Waals surface area contributed by atoms with E-state index in [1.807, 2.05) is 18.2 Å². The van der Waals surface area contributed by atoms with E-state index in [4.69, 9.17) is 8.83 Å². The highest BCUT2D eigenvalue weighted by Crippen LogP contribution is 2.29. The van der Waals surface area contributed by atoms with Crippen LogP contribution in [0, 0.1) is 0 Å². The molecule has 2 nitrogen and oxygen atoms in total. The van der Waals surface area contributed by atoms with Crippen molar-refractivity contribution in [3.8, 4) is 11.3 Å². The van der Waals surface area contributed by atoms with Crippen LogP contribution in [0.3, 0.4) is 0 Å². The summed E-state index contributed by atoms with van der Waals surface area (Å²) in [5.41, 5.74) is 1.04. The maximum Gasteiger partial charge on any atom is 0.137 e. The summed E-state index contributed by atoms with van der Waals surface area (Å²) in [5.74, 6) is 1.86. The average molecular weight is 190 g/mol. The van der Waals surface area contributed by atoms with Crippen molar-refractivity contribution in [1.82, 2.24) is 0 Å². The van der Waals surface area contributed by atoms with Crippen LogP contribution in [0.5, 0.6) is 0 Å². The third-order valence-corrected chi connectivity index (χ3v) is 2.15. The van der Waals surface area contributed by atoms with Gasteiger partial charge in [0.05, 0.1) is 11.8 Å². The minimum atomic E-state index is 0.0575. The Hall–Kier alpha value is -1.44. The monoisotopic (exact) mass is 190 g/mol. The quantitative estimate of drug-likeness (QED) is 0.683. The van der Waals surface area contributed by atoms with Crippen LogP contribution in [0.25, 0.3) is 11.3 Å². The second-order valence-electron chi connectivity index (χ2n) is 4.43. The number of furan rings is 2. The van der Waals surface area contributed by atoms with E-state index < -0.39 is 0 Å². The molecule has 14 heavy (non-hydrogen) atoms. The molecule has 2 aromatic heterocycles. The van der Waals surface area contributed by atoms with Crippen molar-refractivity contribution < 1.29 is 8.83 Å². The van der Waals surface area contributed by atoms with Crippen molar-refractivity contribution in [2.45, 2.75) is 26.2 Å². The molecule has 0 fully saturated rings. The predicted molar refractivity (Wildman–Crippen MR) is 55.1 cm³/mol. The van der Waals surface area contributed by atoms with Gasteiger partial charge in [0.1, 0.15) is 17.8 Å². The topological polar surface area (TPSA) is 26.3 Å². The summed E-state index contributed by atoms with van der Waals surface area (Å²) in [6.45, 7) is 6.39. The van der Waals surface area contributed by atoms with Crippen LogP contribution in [0.2, 0.25) is 0 Å². The largest absolute Gasteiger partial charge is 0.472 e. The number of rotatable bonds is 1. The van der Waals surface area contributed by atoms with E-state index in [0.717, 1.165) is 17.1 Å². The van der Waals surface area contributed by atoms with Crippen LogP contribution in [-0.2, 0) is 5.41 Å². The highest BCUT2D eigenvalue weighted by molar-refractivity contribution is 5.55. The lowest BCUT2D eigenvalue weighted by Crippen LogP contribution is -2.08. The molecule has 0 spiro atoms. The predicted octanol–water partition coefficient (Wildman–Crippen LogP) is 3.84. The van der Waals surface area contributed by atoms with Crippen molar-refractivity contribution in [2.24, 2.45) is 0 Å². The summed E-state index contributed by atoms with van der Waals surface area (Å²) in [4.78, 5) is 0. The normalized spacial score (nSPS) is 11.9. The maximum atomic E-state index is 5.73. The zero-order valence-corrected chi connectivity index (χ0v) is 8.70. The minimum absolute atomic E-state index is 0.0575. The second kappa shape index (κ2) is 3.05. The second-order valence-corrected chi connectivity index (χ2v) is 4.43. The van der Waals surface area contributed by atoms with Crippen molar-refractivity contribution >= 4 is 0 Å². The van der Waals surface area contributed by atoms with Gasteiger partial charge in [0.25, 0.3) is 0 Å². The van der Waals surface area contributed by atoms with Gasteiger partial charge in [-0.1, -0.05) is 20.8 Å². The third kappa shape index (κ3) is 1.60. The van der Waals surface area contributed by atoms with Gasteiger partial charge >= 0.3 is 0 Å². The smallest absolute Gasteiger partial charge is 0.137 e. The standard InChI is InChI=1S/C12H14O2/c1-12(2,3)11-5-4-10(14-11)9-6-7-13-8-9/h4-8H,1-3H3.